The Balaban J connectivity index is 1.93. The number of carboxylic acid groups (broad SMARTS) is 1. The van der Waals surface area contributed by atoms with E-state index in [0.717, 1.165) is 11.8 Å². The maximum Gasteiger partial charge on any atom is 0.342 e. The first-order chi connectivity index (χ1) is 14.9. The van der Waals surface area contributed by atoms with Gasteiger partial charge in [-0.1, -0.05) is 23.2 Å². The first-order valence-corrected chi connectivity index (χ1v) is 10.1. The fourth-order valence-electron chi connectivity index (χ4n) is 2.61. The van der Waals surface area contributed by atoms with Crippen LogP contribution in [0.4, 0.5) is 0 Å². The Hall–Kier alpha value is -2.88. The number of rotatable bonds is 8. The number of hydrogen-bond acceptors (Lipinski definition) is 8. The molecule has 0 aliphatic heterocycles. The molecular formula is C20H16Cl2N2O6S. The summed E-state index contributed by atoms with van der Waals surface area (Å²) in [5.74, 6) is 0.155. The summed E-state index contributed by atoms with van der Waals surface area (Å²) in [5.41, 5.74) is 0.977. The minimum atomic E-state index is -1.18. The molecule has 0 saturated carbocycles. The minimum Gasteiger partial charge on any atom is -0.496 e. The van der Waals surface area contributed by atoms with Crippen LogP contribution in [0.3, 0.4) is 0 Å². The number of benzene rings is 2. The van der Waals surface area contributed by atoms with Gasteiger partial charge in [-0.3, -0.25) is 0 Å². The summed E-state index contributed by atoms with van der Waals surface area (Å²) in [7, 11) is 4.41. The molecule has 3 rings (SSSR count). The topological polar surface area (TPSA) is 104 Å². The van der Waals surface area contributed by atoms with E-state index in [0.29, 0.717) is 33.4 Å². The van der Waals surface area contributed by atoms with Gasteiger partial charge >= 0.3 is 5.97 Å². The molecule has 0 atom stereocenters. The van der Waals surface area contributed by atoms with Gasteiger partial charge < -0.3 is 23.7 Å². The molecule has 0 fully saturated rings. The molecule has 1 heterocycles. The predicted octanol–water partition coefficient (Wildman–Crippen LogP) is 5.29. The lowest BCUT2D eigenvalue weighted by Crippen LogP contribution is -1.97. The first kappa shape index (κ1) is 22.8. The van der Waals surface area contributed by atoms with Crippen molar-refractivity contribution in [1.29, 1.82) is 0 Å². The molecule has 1 aromatic heterocycles. The van der Waals surface area contributed by atoms with Crippen molar-refractivity contribution in [2.24, 2.45) is 0 Å². The van der Waals surface area contributed by atoms with Crippen LogP contribution in [0.25, 0.3) is 17.5 Å². The second-order valence-electron chi connectivity index (χ2n) is 5.87. The van der Waals surface area contributed by atoms with Gasteiger partial charge in [0.2, 0.25) is 0 Å². The van der Waals surface area contributed by atoms with Crippen LogP contribution in [0.15, 0.2) is 44.9 Å². The van der Waals surface area contributed by atoms with Crippen molar-refractivity contribution in [2.75, 3.05) is 21.3 Å². The molecule has 2 aromatic carbocycles. The molecule has 0 spiro atoms. The van der Waals surface area contributed by atoms with E-state index in [1.165, 1.54) is 27.4 Å². The average Bonchev–Trinajstić information content (AvgIpc) is 3.21. The maximum atomic E-state index is 11.8. The molecule has 8 nitrogen and oxygen atoms in total. The Morgan fingerprint density at radius 1 is 1.06 bits per heavy atom. The van der Waals surface area contributed by atoms with Crippen molar-refractivity contribution in [3.05, 3.63) is 50.8 Å². The molecule has 0 radical (unpaired) electrons. The van der Waals surface area contributed by atoms with Gasteiger partial charge in [-0.25, -0.2) is 4.79 Å². The fraction of sp³-hybridized carbons (Fsp3) is 0.150. The third kappa shape index (κ3) is 5.25. The predicted molar refractivity (Wildman–Crippen MR) is 117 cm³/mol. The van der Waals surface area contributed by atoms with Gasteiger partial charge in [-0.05, 0) is 53.7 Å². The number of hydrogen-bond donors (Lipinski definition) is 1. The van der Waals surface area contributed by atoms with Gasteiger partial charge in [-0.2, -0.15) is 0 Å². The molecule has 11 heteroatoms. The number of thioether (sulfide) groups is 1. The third-order valence-electron chi connectivity index (χ3n) is 3.96. The van der Waals surface area contributed by atoms with E-state index in [-0.39, 0.29) is 21.0 Å². The van der Waals surface area contributed by atoms with Crippen LogP contribution in [-0.4, -0.2) is 42.6 Å². The van der Waals surface area contributed by atoms with Crippen LogP contribution in [0.2, 0.25) is 10.0 Å². The smallest absolute Gasteiger partial charge is 0.342 e. The molecule has 0 amide bonds. The maximum absolute atomic E-state index is 11.8. The highest BCUT2D eigenvalue weighted by Crippen LogP contribution is 2.38. The van der Waals surface area contributed by atoms with Crippen molar-refractivity contribution in [3.63, 3.8) is 0 Å². The molecular weight excluding hydrogens is 467 g/mol. The second kappa shape index (κ2) is 9.95. The summed E-state index contributed by atoms with van der Waals surface area (Å²) in [6.07, 6.45) is 1.41. The first-order valence-electron chi connectivity index (χ1n) is 8.58. The standard InChI is InChI=1S/C20H16Cl2N2O6S/c1-27-14-5-4-11(21)9-12(14)18-23-24-20(30-18)31-16(19(25)26)8-10-6-13(22)17(29-3)15(7-10)28-2/h4-9H,1-3H3,(H,25,26)/b16-8-. The molecule has 0 bridgehead atoms. The van der Waals surface area contributed by atoms with E-state index in [1.54, 1.807) is 30.3 Å². The highest BCUT2D eigenvalue weighted by atomic mass is 35.5. The van der Waals surface area contributed by atoms with Crippen molar-refractivity contribution < 1.29 is 28.5 Å². The van der Waals surface area contributed by atoms with E-state index in [4.69, 9.17) is 41.8 Å². The van der Waals surface area contributed by atoms with E-state index in [2.05, 4.69) is 10.2 Å². The van der Waals surface area contributed by atoms with Crippen LogP contribution in [0, 0.1) is 0 Å². The monoisotopic (exact) mass is 482 g/mol. The van der Waals surface area contributed by atoms with Crippen LogP contribution in [0.5, 0.6) is 17.2 Å². The van der Waals surface area contributed by atoms with Crippen LogP contribution in [0.1, 0.15) is 5.56 Å². The fourth-order valence-corrected chi connectivity index (χ4v) is 3.75. The summed E-state index contributed by atoms with van der Waals surface area (Å²) in [4.78, 5) is 11.7. The van der Waals surface area contributed by atoms with Gasteiger partial charge in [0.1, 0.15) is 10.7 Å². The molecule has 0 aliphatic rings. The van der Waals surface area contributed by atoms with Crippen LogP contribution in [-0.2, 0) is 4.79 Å². The molecule has 0 unspecified atom stereocenters. The molecule has 3 aromatic rings. The lowest BCUT2D eigenvalue weighted by atomic mass is 10.2. The number of ether oxygens (including phenoxy) is 3. The van der Waals surface area contributed by atoms with Crippen molar-refractivity contribution >= 4 is 47.0 Å². The number of nitrogens with zero attached hydrogens (tertiary/aromatic N) is 2. The number of carbonyl (C=O) groups is 1. The highest BCUT2D eigenvalue weighted by molar-refractivity contribution is 8.03. The Kier molecular flexibility index (Phi) is 7.32. The van der Waals surface area contributed by atoms with E-state index < -0.39 is 5.97 Å². The minimum absolute atomic E-state index is 0.0252. The van der Waals surface area contributed by atoms with Crippen molar-refractivity contribution in [2.45, 2.75) is 5.22 Å². The van der Waals surface area contributed by atoms with E-state index >= 15 is 0 Å². The summed E-state index contributed by atoms with van der Waals surface area (Å²) >= 11 is 13.0. The average molecular weight is 483 g/mol. The Labute approximate surface area is 191 Å². The lowest BCUT2D eigenvalue weighted by molar-refractivity contribution is -0.131. The zero-order valence-electron chi connectivity index (χ0n) is 16.5. The summed E-state index contributed by atoms with van der Waals surface area (Å²) < 4.78 is 21.3. The highest BCUT2D eigenvalue weighted by Gasteiger charge is 2.19. The zero-order valence-corrected chi connectivity index (χ0v) is 18.8. The number of methoxy groups -OCH3 is 3. The van der Waals surface area contributed by atoms with Crippen LogP contribution < -0.4 is 14.2 Å². The SMILES string of the molecule is COc1ccc(Cl)cc1-c1nnc(S/C(=C\c2cc(Cl)c(OC)c(OC)c2)C(=O)O)o1. The summed E-state index contributed by atoms with van der Waals surface area (Å²) in [6.45, 7) is 0. The van der Waals surface area contributed by atoms with Gasteiger partial charge in [0.25, 0.3) is 11.1 Å². The lowest BCUT2D eigenvalue weighted by Gasteiger charge is -2.10. The van der Waals surface area contributed by atoms with Gasteiger partial charge in [0.15, 0.2) is 11.5 Å². The number of halogens is 2. The molecule has 0 aliphatic carbocycles. The molecule has 1 N–H and O–H groups in total. The van der Waals surface area contributed by atoms with Crippen LogP contribution >= 0.6 is 35.0 Å². The van der Waals surface area contributed by atoms with E-state index in [1.807, 2.05) is 0 Å². The third-order valence-corrected chi connectivity index (χ3v) is 5.33. The largest absolute Gasteiger partial charge is 0.496 e. The molecule has 0 saturated heterocycles. The van der Waals surface area contributed by atoms with Gasteiger partial charge in [-0.15, -0.1) is 10.2 Å². The van der Waals surface area contributed by atoms with Gasteiger partial charge in [0, 0.05) is 5.02 Å². The van der Waals surface area contributed by atoms with E-state index in [9.17, 15) is 9.90 Å². The Morgan fingerprint density at radius 2 is 1.81 bits per heavy atom. The number of aliphatic carboxylic acids is 1. The number of aromatic nitrogens is 2. The normalized spacial score (nSPS) is 11.3. The molecule has 31 heavy (non-hydrogen) atoms. The number of carboxylic acids is 1. The molecule has 162 valence electrons. The van der Waals surface area contributed by atoms with Crippen molar-refractivity contribution in [1.82, 2.24) is 10.2 Å². The summed E-state index contributed by atoms with van der Waals surface area (Å²) in [5, 5.41) is 18.3. The van der Waals surface area contributed by atoms with Gasteiger partial charge in [0.05, 0.1) is 31.9 Å². The summed E-state index contributed by atoms with van der Waals surface area (Å²) in [6, 6.07) is 8.10. The Morgan fingerprint density at radius 3 is 2.45 bits per heavy atom. The second-order valence-corrected chi connectivity index (χ2v) is 7.71. The quantitative estimate of drug-likeness (QED) is 0.338. The van der Waals surface area contributed by atoms with Crippen molar-refractivity contribution in [3.8, 4) is 28.7 Å². The Bertz CT molecular complexity index is 1150. The zero-order chi connectivity index (χ0) is 22.5.